The fourth-order valence-electron chi connectivity index (χ4n) is 1.40. The largest absolute Gasteiger partial charge is 0.394 e. The molecule has 0 rings (SSSR count). The first-order valence-electron chi connectivity index (χ1n) is 5.94. The lowest BCUT2D eigenvalue weighted by atomic mass is 10.1. The molecule has 2 N–H and O–H groups in total. The lowest BCUT2D eigenvalue weighted by Gasteiger charge is -2.14. The van der Waals surface area contributed by atoms with Crippen LogP contribution in [0, 0.1) is 0 Å². The average Bonchev–Trinajstić information content (AvgIpc) is 2.21. The highest BCUT2D eigenvalue weighted by atomic mass is 19.4. The van der Waals surface area contributed by atoms with E-state index < -0.39 is 12.6 Å². The highest BCUT2D eigenvalue weighted by molar-refractivity contribution is 4.62. The third kappa shape index (κ3) is 13.6. The number of halogens is 3. The zero-order valence-corrected chi connectivity index (χ0v) is 10.2. The first-order chi connectivity index (χ1) is 7.95. The summed E-state index contributed by atoms with van der Waals surface area (Å²) in [4.78, 5) is 0. The van der Waals surface area contributed by atoms with Gasteiger partial charge in [0.05, 0.1) is 13.2 Å². The molecule has 3 nitrogen and oxygen atoms in total. The second-order valence-corrected chi connectivity index (χ2v) is 4.05. The van der Waals surface area contributed by atoms with E-state index in [0.717, 1.165) is 13.0 Å². The number of hydrogen-bond acceptors (Lipinski definition) is 3. The van der Waals surface area contributed by atoms with Crippen molar-refractivity contribution in [1.82, 2.24) is 5.32 Å². The topological polar surface area (TPSA) is 41.5 Å². The molecule has 0 spiro atoms. The molecule has 0 saturated heterocycles. The van der Waals surface area contributed by atoms with Gasteiger partial charge in [-0.3, -0.25) is 0 Å². The van der Waals surface area contributed by atoms with Gasteiger partial charge in [0.25, 0.3) is 0 Å². The summed E-state index contributed by atoms with van der Waals surface area (Å²) >= 11 is 0. The van der Waals surface area contributed by atoms with E-state index in [1.54, 1.807) is 0 Å². The highest BCUT2D eigenvalue weighted by Crippen LogP contribution is 2.22. The minimum absolute atomic E-state index is 0.0152. The van der Waals surface area contributed by atoms with E-state index in [-0.39, 0.29) is 19.1 Å². The minimum Gasteiger partial charge on any atom is -0.394 e. The number of alkyl halides is 3. The monoisotopic (exact) mass is 257 g/mol. The minimum atomic E-state index is -4.04. The normalized spacial score (nSPS) is 13.9. The third-order valence-electron chi connectivity index (χ3n) is 2.29. The molecule has 0 fully saturated rings. The molecule has 0 aliphatic carbocycles. The van der Waals surface area contributed by atoms with Crippen molar-refractivity contribution < 1.29 is 23.0 Å². The van der Waals surface area contributed by atoms with Crippen LogP contribution in [0.3, 0.4) is 0 Å². The molecule has 104 valence electrons. The summed E-state index contributed by atoms with van der Waals surface area (Å²) in [6.07, 6.45) is -3.27. The van der Waals surface area contributed by atoms with Gasteiger partial charge in [0, 0.05) is 19.1 Å². The van der Waals surface area contributed by atoms with Gasteiger partial charge in [0.2, 0.25) is 0 Å². The Balaban J connectivity index is 3.26. The Bertz CT molecular complexity index is 177. The van der Waals surface area contributed by atoms with Crippen LogP contribution in [0.15, 0.2) is 0 Å². The Morgan fingerprint density at radius 3 is 2.53 bits per heavy atom. The maximum absolute atomic E-state index is 11.9. The van der Waals surface area contributed by atoms with Crippen LogP contribution in [0.4, 0.5) is 13.2 Å². The maximum Gasteiger partial charge on any atom is 0.389 e. The molecule has 0 aromatic carbocycles. The van der Waals surface area contributed by atoms with Gasteiger partial charge in [-0.25, -0.2) is 0 Å². The van der Waals surface area contributed by atoms with Crippen molar-refractivity contribution in [2.24, 2.45) is 0 Å². The van der Waals surface area contributed by atoms with Crippen LogP contribution in [0.2, 0.25) is 0 Å². The highest BCUT2D eigenvalue weighted by Gasteiger charge is 2.26. The fourth-order valence-corrected chi connectivity index (χ4v) is 1.40. The number of aliphatic hydroxyl groups is 1. The summed E-state index contributed by atoms with van der Waals surface area (Å²) in [6.45, 7) is 3.51. The van der Waals surface area contributed by atoms with Crippen LogP contribution in [-0.4, -0.2) is 43.7 Å². The van der Waals surface area contributed by atoms with E-state index >= 15 is 0 Å². The Morgan fingerprint density at radius 1 is 1.24 bits per heavy atom. The number of nitrogens with one attached hydrogen (secondary N) is 1. The molecule has 1 unspecified atom stereocenters. The molecule has 0 radical (unpaired) electrons. The molecule has 0 aromatic rings. The fraction of sp³-hybridized carbons (Fsp3) is 1.00. The Hall–Kier alpha value is -0.330. The van der Waals surface area contributed by atoms with Gasteiger partial charge in [0.15, 0.2) is 0 Å². The van der Waals surface area contributed by atoms with Crippen LogP contribution >= 0.6 is 0 Å². The Kier molecular flexibility index (Phi) is 9.49. The van der Waals surface area contributed by atoms with Crippen LogP contribution in [-0.2, 0) is 4.74 Å². The number of ether oxygens (including phenoxy) is 1. The first kappa shape index (κ1) is 16.7. The average molecular weight is 257 g/mol. The van der Waals surface area contributed by atoms with Crippen molar-refractivity contribution >= 4 is 0 Å². The lowest BCUT2D eigenvalue weighted by molar-refractivity contribution is -0.135. The zero-order valence-electron chi connectivity index (χ0n) is 10.2. The number of aliphatic hydroxyl groups excluding tert-OH is 1. The predicted molar refractivity (Wildman–Crippen MR) is 59.9 cm³/mol. The molecule has 0 aliphatic heterocycles. The summed E-state index contributed by atoms with van der Waals surface area (Å²) in [7, 11) is 0. The molecule has 0 heterocycles. The van der Waals surface area contributed by atoms with E-state index in [2.05, 4.69) is 5.32 Å². The first-order valence-corrected chi connectivity index (χ1v) is 5.94. The van der Waals surface area contributed by atoms with E-state index in [1.165, 1.54) is 0 Å². The smallest absolute Gasteiger partial charge is 0.389 e. The molecule has 0 aliphatic rings. The van der Waals surface area contributed by atoms with Crippen molar-refractivity contribution in [2.45, 2.75) is 44.8 Å². The van der Waals surface area contributed by atoms with Gasteiger partial charge in [-0.05, 0) is 32.7 Å². The van der Waals surface area contributed by atoms with Crippen molar-refractivity contribution in [3.05, 3.63) is 0 Å². The molecular formula is C11H22F3NO2. The second kappa shape index (κ2) is 9.67. The number of hydrogen-bond donors (Lipinski definition) is 2. The maximum atomic E-state index is 11.9. The molecule has 0 aromatic heterocycles. The van der Waals surface area contributed by atoms with Crippen molar-refractivity contribution in [2.75, 3.05) is 26.4 Å². The van der Waals surface area contributed by atoms with Gasteiger partial charge in [0.1, 0.15) is 0 Å². The summed E-state index contributed by atoms with van der Waals surface area (Å²) < 4.78 is 40.7. The van der Waals surface area contributed by atoms with Crippen molar-refractivity contribution in [1.29, 1.82) is 0 Å². The SMILES string of the molecule is CC(CCCC(F)(F)F)NCCCOCCO. The second-order valence-electron chi connectivity index (χ2n) is 4.05. The van der Waals surface area contributed by atoms with E-state index in [9.17, 15) is 13.2 Å². The van der Waals surface area contributed by atoms with Crippen LogP contribution in [0.5, 0.6) is 0 Å². The molecule has 0 bridgehead atoms. The van der Waals surface area contributed by atoms with Crippen LogP contribution < -0.4 is 5.32 Å². The van der Waals surface area contributed by atoms with Crippen molar-refractivity contribution in [3.8, 4) is 0 Å². The van der Waals surface area contributed by atoms with Gasteiger partial charge in [-0.2, -0.15) is 13.2 Å². The van der Waals surface area contributed by atoms with E-state index in [0.29, 0.717) is 19.6 Å². The van der Waals surface area contributed by atoms with Gasteiger partial charge >= 0.3 is 6.18 Å². The van der Waals surface area contributed by atoms with E-state index in [1.807, 2.05) is 6.92 Å². The summed E-state index contributed by atoms with van der Waals surface area (Å²) in [5, 5.41) is 11.6. The Labute approximate surface area is 100 Å². The molecule has 1 atom stereocenters. The lowest BCUT2D eigenvalue weighted by Crippen LogP contribution is -2.28. The standard InChI is InChI=1S/C11H22F3NO2/c1-10(4-2-5-11(12,13)14)15-6-3-8-17-9-7-16/h10,15-16H,2-9H2,1H3. The molecule has 0 saturated carbocycles. The third-order valence-corrected chi connectivity index (χ3v) is 2.29. The molecule has 6 heteroatoms. The molecule has 17 heavy (non-hydrogen) atoms. The summed E-state index contributed by atoms with van der Waals surface area (Å²) in [5.41, 5.74) is 0. The van der Waals surface area contributed by atoms with Crippen LogP contribution in [0.25, 0.3) is 0 Å². The quantitative estimate of drug-likeness (QED) is 0.589. The van der Waals surface area contributed by atoms with Crippen molar-refractivity contribution in [3.63, 3.8) is 0 Å². The van der Waals surface area contributed by atoms with E-state index in [4.69, 9.17) is 9.84 Å². The summed E-state index contributed by atoms with van der Waals surface area (Å²) in [5.74, 6) is 0. The van der Waals surface area contributed by atoms with Gasteiger partial charge in [-0.15, -0.1) is 0 Å². The van der Waals surface area contributed by atoms with Crippen LogP contribution in [0.1, 0.15) is 32.6 Å². The molecule has 0 amide bonds. The number of rotatable bonds is 10. The van der Waals surface area contributed by atoms with Gasteiger partial charge in [-0.1, -0.05) is 0 Å². The molecular weight excluding hydrogens is 235 g/mol. The predicted octanol–water partition coefficient (Wildman–Crippen LogP) is 2.10. The summed E-state index contributed by atoms with van der Waals surface area (Å²) in [6, 6.07) is 0.0928. The van der Waals surface area contributed by atoms with Gasteiger partial charge < -0.3 is 15.2 Å². The zero-order chi connectivity index (χ0) is 13.1. The Morgan fingerprint density at radius 2 is 1.94 bits per heavy atom.